The first kappa shape index (κ1) is 20.3. The second-order valence-corrected chi connectivity index (χ2v) is 9.58. The van der Waals surface area contributed by atoms with E-state index < -0.39 is 20.0 Å². The molecular weight excluding hydrogens is 424 g/mol. The average Bonchev–Trinajstić information content (AvgIpc) is 3.07. The Kier molecular flexibility index (Phi) is 5.48. The van der Waals surface area contributed by atoms with Gasteiger partial charge in [0, 0.05) is 12.1 Å². The van der Waals surface area contributed by atoms with E-state index >= 15 is 0 Å². The van der Waals surface area contributed by atoms with E-state index in [1.54, 1.807) is 24.5 Å². The minimum absolute atomic E-state index is 0.00532. The number of hydrogen-bond donors (Lipinski definition) is 2. The summed E-state index contributed by atoms with van der Waals surface area (Å²) in [4.78, 5) is -0.235. The molecule has 3 rings (SSSR count). The Morgan fingerprint density at radius 1 is 1.11 bits per heavy atom. The molecule has 0 unspecified atom stereocenters. The van der Waals surface area contributed by atoms with Gasteiger partial charge in [-0.2, -0.15) is 5.10 Å². The first-order valence-corrected chi connectivity index (χ1v) is 11.5. The van der Waals surface area contributed by atoms with Crippen LogP contribution in [0, 0.1) is 6.92 Å². The van der Waals surface area contributed by atoms with E-state index in [1.165, 1.54) is 28.9 Å². The standard InChI is InChI=1S/C17H17ClN4O4S2/c1-12-10-20-22(11-12)17-6-5-14(27(19,23)24)8-16(17)21-28(25,26)15-4-2-3-13(7-15)9-18/h2-8,10-11,21H,9H2,1H3,(H2,19,23,24). The zero-order chi connectivity index (χ0) is 20.5. The van der Waals surface area contributed by atoms with Crippen molar-refractivity contribution in [2.75, 3.05) is 4.72 Å². The minimum Gasteiger partial charge on any atom is -0.277 e. The number of anilines is 1. The van der Waals surface area contributed by atoms with Crippen LogP contribution in [-0.4, -0.2) is 26.6 Å². The van der Waals surface area contributed by atoms with Crippen LogP contribution in [0.2, 0.25) is 0 Å². The van der Waals surface area contributed by atoms with Crippen LogP contribution in [0.3, 0.4) is 0 Å². The molecule has 3 aromatic rings. The van der Waals surface area contributed by atoms with E-state index in [0.29, 0.717) is 11.3 Å². The molecule has 0 aliphatic rings. The van der Waals surface area contributed by atoms with Crippen molar-refractivity contribution < 1.29 is 16.8 Å². The maximum atomic E-state index is 12.9. The Morgan fingerprint density at radius 2 is 1.86 bits per heavy atom. The lowest BCUT2D eigenvalue weighted by molar-refractivity contribution is 0.596. The molecule has 2 aromatic carbocycles. The fourth-order valence-electron chi connectivity index (χ4n) is 2.52. The van der Waals surface area contributed by atoms with Gasteiger partial charge in [0.25, 0.3) is 10.0 Å². The molecule has 0 amide bonds. The van der Waals surface area contributed by atoms with Crippen LogP contribution in [-0.2, 0) is 25.9 Å². The van der Waals surface area contributed by atoms with E-state index in [4.69, 9.17) is 16.7 Å². The van der Waals surface area contributed by atoms with Gasteiger partial charge in [-0.3, -0.25) is 4.72 Å². The second kappa shape index (κ2) is 7.55. The highest BCUT2D eigenvalue weighted by Gasteiger charge is 2.20. The molecule has 1 heterocycles. The lowest BCUT2D eigenvalue weighted by Crippen LogP contribution is -2.17. The molecule has 0 radical (unpaired) electrons. The highest BCUT2D eigenvalue weighted by atomic mass is 35.5. The van der Waals surface area contributed by atoms with Gasteiger partial charge in [-0.1, -0.05) is 12.1 Å². The van der Waals surface area contributed by atoms with E-state index in [-0.39, 0.29) is 21.4 Å². The summed E-state index contributed by atoms with van der Waals surface area (Å²) < 4.78 is 53.0. The van der Waals surface area contributed by atoms with Gasteiger partial charge in [-0.05, 0) is 48.4 Å². The van der Waals surface area contributed by atoms with Crippen molar-refractivity contribution in [3.63, 3.8) is 0 Å². The molecule has 1 aromatic heterocycles. The zero-order valence-electron chi connectivity index (χ0n) is 14.7. The van der Waals surface area contributed by atoms with Crippen molar-refractivity contribution in [2.45, 2.75) is 22.6 Å². The summed E-state index contributed by atoms with van der Waals surface area (Å²) in [5.74, 6) is 0.155. The van der Waals surface area contributed by atoms with Crippen LogP contribution in [0.15, 0.2) is 64.6 Å². The normalized spacial score (nSPS) is 12.1. The molecule has 11 heteroatoms. The van der Waals surface area contributed by atoms with Gasteiger partial charge in [0.15, 0.2) is 0 Å². The summed E-state index contributed by atoms with van der Waals surface area (Å²) in [6.07, 6.45) is 3.27. The Balaban J connectivity index is 2.12. The van der Waals surface area contributed by atoms with Crippen LogP contribution in [0.25, 0.3) is 5.69 Å². The third-order valence-corrected chi connectivity index (χ3v) is 6.45. The number of nitrogens with zero attached hydrogens (tertiary/aromatic N) is 2. The lowest BCUT2D eigenvalue weighted by atomic mass is 10.2. The van der Waals surface area contributed by atoms with Crippen LogP contribution < -0.4 is 9.86 Å². The molecule has 0 aliphatic carbocycles. The molecule has 0 saturated carbocycles. The van der Waals surface area contributed by atoms with Gasteiger partial charge >= 0.3 is 0 Å². The first-order valence-electron chi connectivity index (χ1n) is 7.96. The van der Waals surface area contributed by atoms with Crippen molar-refractivity contribution in [3.05, 3.63) is 66.0 Å². The fraction of sp³-hybridized carbons (Fsp3) is 0.118. The molecule has 0 saturated heterocycles. The molecule has 3 N–H and O–H groups in total. The second-order valence-electron chi connectivity index (χ2n) is 6.07. The van der Waals surface area contributed by atoms with Gasteiger partial charge < -0.3 is 0 Å². The van der Waals surface area contributed by atoms with Gasteiger partial charge in [0.1, 0.15) is 0 Å². The van der Waals surface area contributed by atoms with E-state index in [2.05, 4.69) is 9.82 Å². The van der Waals surface area contributed by atoms with Crippen molar-refractivity contribution in [3.8, 4) is 5.69 Å². The van der Waals surface area contributed by atoms with Gasteiger partial charge in [0.05, 0.1) is 27.4 Å². The van der Waals surface area contributed by atoms with Crippen molar-refractivity contribution in [1.82, 2.24) is 9.78 Å². The SMILES string of the molecule is Cc1cnn(-c2ccc(S(N)(=O)=O)cc2NS(=O)(=O)c2cccc(CCl)c2)c1. The quantitative estimate of drug-likeness (QED) is 0.569. The largest absolute Gasteiger partial charge is 0.277 e. The van der Waals surface area contributed by atoms with Crippen LogP contribution in [0.4, 0.5) is 5.69 Å². The number of alkyl halides is 1. The number of halogens is 1. The number of hydrogen-bond acceptors (Lipinski definition) is 5. The summed E-state index contributed by atoms with van der Waals surface area (Å²) >= 11 is 5.78. The Hall–Kier alpha value is -2.40. The molecule has 148 valence electrons. The van der Waals surface area contributed by atoms with Crippen LogP contribution in [0.1, 0.15) is 11.1 Å². The Bertz CT molecular complexity index is 1240. The van der Waals surface area contributed by atoms with E-state index in [9.17, 15) is 16.8 Å². The van der Waals surface area contributed by atoms with Crippen LogP contribution in [0.5, 0.6) is 0 Å². The number of rotatable bonds is 6. The predicted octanol–water partition coefficient (Wildman–Crippen LogP) is 2.37. The van der Waals surface area contributed by atoms with Gasteiger partial charge in [-0.25, -0.2) is 26.7 Å². The summed E-state index contributed by atoms with van der Waals surface area (Å²) in [5, 5.41) is 9.34. The monoisotopic (exact) mass is 440 g/mol. The molecule has 0 bridgehead atoms. The lowest BCUT2D eigenvalue weighted by Gasteiger charge is -2.14. The number of nitrogens with one attached hydrogen (secondary N) is 1. The summed E-state index contributed by atoms with van der Waals surface area (Å²) in [7, 11) is -8.05. The third kappa shape index (κ3) is 4.36. The smallest absolute Gasteiger partial charge is 0.261 e. The molecule has 28 heavy (non-hydrogen) atoms. The third-order valence-electron chi connectivity index (χ3n) is 3.86. The molecule has 0 fully saturated rings. The van der Waals surface area contributed by atoms with E-state index in [0.717, 1.165) is 11.6 Å². The number of aryl methyl sites for hydroxylation is 1. The number of aromatic nitrogens is 2. The van der Waals surface area contributed by atoms with Gasteiger partial charge in [0.2, 0.25) is 10.0 Å². The van der Waals surface area contributed by atoms with Crippen LogP contribution >= 0.6 is 11.6 Å². The summed E-state index contributed by atoms with van der Waals surface area (Å²) in [6, 6.07) is 10.0. The van der Waals surface area contributed by atoms with Crippen molar-refractivity contribution >= 4 is 37.3 Å². The maximum Gasteiger partial charge on any atom is 0.261 e. The fourth-order valence-corrected chi connectivity index (χ4v) is 4.36. The van der Waals surface area contributed by atoms with Crippen molar-refractivity contribution in [2.24, 2.45) is 5.14 Å². The van der Waals surface area contributed by atoms with Gasteiger partial charge in [-0.15, -0.1) is 11.6 Å². The number of benzene rings is 2. The van der Waals surface area contributed by atoms with Crippen molar-refractivity contribution in [1.29, 1.82) is 0 Å². The predicted molar refractivity (Wildman–Crippen MR) is 106 cm³/mol. The first-order chi connectivity index (χ1) is 13.1. The maximum absolute atomic E-state index is 12.9. The molecule has 0 spiro atoms. The zero-order valence-corrected chi connectivity index (χ0v) is 17.1. The highest BCUT2D eigenvalue weighted by Crippen LogP contribution is 2.27. The Morgan fingerprint density at radius 3 is 2.46 bits per heavy atom. The summed E-state index contributed by atoms with van der Waals surface area (Å²) in [6.45, 7) is 1.82. The summed E-state index contributed by atoms with van der Waals surface area (Å²) in [5.41, 5.74) is 1.84. The average molecular weight is 441 g/mol. The number of nitrogens with two attached hydrogens (primary N) is 1. The number of sulfonamides is 2. The molecular formula is C17H17ClN4O4S2. The molecule has 8 nitrogen and oxygen atoms in total. The van der Waals surface area contributed by atoms with E-state index in [1.807, 2.05) is 6.92 Å². The molecule has 0 aliphatic heterocycles. The Labute approximate surface area is 168 Å². The molecule has 0 atom stereocenters. The highest BCUT2D eigenvalue weighted by molar-refractivity contribution is 7.92. The minimum atomic E-state index is -4.03. The topological polar surface area (TPSA) is 124 Å². The number of primary sulfonamides is 1.